The van der Waals surface area contributed by atoms with Crippen molar-refractivity contribution in [2.45, 2.75) is 38.8 Å². The maximum absolute atomic E-state index is 12.1. The van der Waals surface area contributed by atoms with Crippen LogP contribution in [-0.4, -0.2) is 38.8 Å². The molecule has 0 bridgehead atoms. The summed E-state index contributed by atoms with van der Waals surface area (Å²) in [6.07, 6.45) is 0.442. The molecule has 2 heterocycles. The van der Waals surface area contributed by atoms with Crippen molar-refractivity contribution >= 4 is 28.3 Å². The van der Waals surface area contributed by atoms with Crippen LogP contribution in [0.15, 0.2) is 30.3 Å². The zero-order valence-electron chi connectivity index (χ0n) is 13.9. The summed E-state index contributed by atoms with van der Waals surface area (Å²) in [7, 11) is 0. The van der Waals surface area contributed by atoms with Gasteiger partial charge >= 0.3 is 0 Å². The molecule has 0 saturated carbocycles. The summed E-state index contributed by atoms with van der Waals surface area (Å²) >= 11 is 0. The molecule has 0 aliphatic carbocycles. The molecule has 24 heavy (non-hydrogen) atoms. The summed E-state index contributed by atoms with van der Waals surface area (Å²) < 4.78 is 0. The van der Waals surface area contributed by atoms with Gasteiger partial charge < -0.3 is 10.2 Å². The van der Waals surface area contributed by atoms with E-state index in [0.29, 0.717) is 29.7 Å². The average molecular weight is 328 g/mol. The number of likely N-dealkylation sites (tertiary alicyclic amines) is 1. The van der Waals surface area contributed by atoms with E-state index in [2.05, 4.69) is 10.3 Å². The number of carbonyl (C=O) groups excluding carboxylic acids is 1. The molecule has 1 saturated heterocycles. The fraction of sp³-hybridized carbons (Fsp3) is 0.412. The fourth-order valence-electron chi connectivity index (χ4n) is 2.97. The molecular weight excluding hydrogens is 308 g/mol. The third-order valence-electron chi connectivity index (χ3n) is 4.17. The molecule has 3 rings (SSSR count). The number of nitrogens with zero attached hydrogens (tertiary/aromatic N) is 3. The molecule has 1 amide bonds. The largest absolute Gasteiger partial charge is 0.365 e. The molecule has 1 aliphatic heterocycles. The number of nitro groups is 1. The number of aromatic nitrogens is 1. The highest BCUT2D eigenvalue weighted by Gasteiger charge is 2.36. The molecule has 2 aromatic rings. The monoisotopic (exact) mass is 328 g/mol. The number of nitro benzene ring substituents is 1. The number of rotatable bonds is 3. The van der Waals surface area contributed by atoms with Gasteiger partial charge in [0.2, 0.25) is 5.91 Å². The Labute approximate surface area is 139 Å². The SMILES string of the molecule is CC(C)(C)N1CC(Nc2ccc3cc([N+](=O)[O-])ccc3n2)CC1=O. The second-order valence-corrected chi connectivity index (χ2v) is 7.05. The number of benzene rings is 1. The molecule has 1 aromatic carbocycles. The Morgan fingerprint density at radius 1 is 1.29 bits per heavy atom. The van der Waals surface area contributed by atoms with Gasteiger partial charge in [0.15, 0.2) is 0 Å². The molecular formula is C17H20N4O3. The van der Waals surface area contributed by atoms with E-state index in [-0.39, 0.29) is 23.2 Å². The van der Waals surface area contributed by atoms with Crippen LogP contribution < -0.4 is 5.32 Å². The number of non-ortho nitro benzene ring substituents is 1. The molecule has 7 heteroatoms. The molecule has 1 unspecified atom stereocenters. The lowest BCUT2D eigenvalue weighted by Gasteiger charge is -2.32. The van der Waals surface area contributed by atoms with Crippen LogP contribution in [0.25, 0.3) is 10.9 Å². The van der Waals surface area contributed by atoms with Crippen LogP contribution in [0.3, 0.4) is 0 Å². The van der Waals surface area contributed by atoms with Crippen LogP contribution in [0.1, 0.15) is 27.2 Å². The van der Waals surface area contributed by atoms with E-state index in [4.69, 9.17) is 0 Å². The molecule has 0 spiro atoms. The lowest BCUT2D eigenvalue weighted by Crippen LogP contribution is -2.43. The maximum atomic E-state index is 12.1. The number of hydrogen-bond donors (Lipinski definition) is 1. The Bertz CT molecular complexity index is 813. The molecule has 126 valence electrons. The molecule has 1 N–H and O–H groups in total. The molecule has 7 nitrogen and oxygen atoms in total. The lowest BCUT2D eigenvalue weighted by atomic mass is 10.1. The quantitative estimate of drug-likeness (QED) is 0.691. The predicted octanol–water partition coefficient (Wildman–Crippen LogP) is 2.95. The number of pyridine rings is 1. The van der Waals surface area contributed by atoms with Gasteiger partial charge in [-0.2, -0.15) is 0 Å². The van der Waals surface area contributed by atoms with Gasteiger partial charge in [0.25, 0.3) is 5.69 Å². The van der Waals surface area contributed by atoms with Gasteiger partial charge in [0, 0.05) is 36.0 Å². The van der Waals surface area contributed by atoms with E-state index in [1.165, 1.54) is 12.1 Å². The van der Waals surface area contributed by atoms with Gasteiger partial charge in [-0.1, -0.05) is 0 Å². The minimum Gasteiger partial charge on any atom is -0.365 e. The first-order chi connectivity index (χ1) is 11.2. The number of amides is 1. The fourth-order valence-corrected chi connectivity index (χ4v) is 2.97. The molecule has 1 atom stereocenters. The Balaban J connectivity index is 1.78. The van der Waals surface area contributed by atoms with Crippen molar-refractivity contribution in [3.8, 4) is 0 Å². The van der Waals surface area contributed by atoms with Crippen LogP contribution in [-0.2, 0) is 4.79 Å². The second-order valence-electron chi connectivity index (χ2n) is 7.05. The van der Waals surface area contributed by atoms with Crippen LogP contribution in [0.4, 0.5) is 11.5 Å². The topological polar surface area (TPSA) is 88.4 Å². The molecule has 1 aromatic heterocycles. The van der Waals surface area contributed by atoms with Gasteiger partial charge in [0.05, 0.1) is 16.5 Å². The summed E-state index contributed by atoms with van der Waals surface area (Å²) in [6.45, 7) is 6.71. The van der Waals surface area contributed by atoms with Crippen LogP contribution >= 0.6 is 0 Å². The first kappa shape index (κ1) is 16.2. The van der Waals surface area contributed by atoms with Crippen LogP contribution in [0.2, 0.25) is 0 Å². The van der Waals surface area contributed by atoms with Crippen LogP contribution in [0, 0.1) is 10.1 Å². The second kappa shape index (κ2) is 5.74. The van der Waals surface area contributed by atoms with Crippen molar-refractivity contribution in [1.82, 2.24) is 9.88 Å². The van der Waals surface area contributed by atoms with E-state index < -0.39 is 4.92 Å². The first-order valence-corrected chi connectivity index (χ1v) is 7.86. The summed E-state index contributed by atoms with van der Waals surface area (Å²) in [5, 5.41) is 14.8. The first-order valence-electron chi connectivity index (χ1n) is 7.86. The minimum absolute atomic E-state index is 0.0136. The normalized spacial score (nSPS) is 18.2. The third-order valence-corrected chi connectivity index (χ3v) is 4.17. The van der Waals surface area contributed by atoms with Gasteiger partial charge in [-0.3, -0.25) is 14.9 Å². The number of fused-ring (bicyclic) bond motifs is 1. The lowest BCUT2D eigenvalue weighted by molar-refractivity contribution is -0.384. The van der Waals surface area contributed by atoms with Gasteiger partial charge in [-0.25, -0.2) is 4.98 Å². The molecule has 1 aliphatic rings. The highest BCUT2D eigenvalue weighted by Crippen LogP contribution is 2.25. The van der Waals surface area contributed by atoms with E-state index >= 15 is 0 Å². The van der Waals surface area contributed by atoms with Crippen molar-refractivity contribution in [1.29, 1.82) is 0 Å². The highest BCUT2D eigenvalue weighted by atomic mass is 16.6. The zero-order valence-corrected chi connectivity index (χ0v) is 13.9. The van der Waals surface area contributed by atoms with E-state index in [1.807, 2.05) is 25.7 Å². The molecule has 1 fully saturated rings. The number of hydrogen-bond acceptors (Lipinski definition) is 5. The summed E-state index contributed by atoms with van der Waals surface area (Å²) in [4.78, 5) is 28.9. The number of anilines is 1. The zero-order chi connectivity index (χ0) is 17.5. The van der Waals surface area contributed by atoms with Crippen molar-refractivity contribution in [3.63, 3.8) is 0 Å². The summed E-state index contributed by atoms with van der Waals surface area (Å²) in [5.41, 5.74) is 0.540. The van der Waals surface area contributed by atoms with Gasteiger partial charge in [0.1, 0.15) is 5.82 Å². The smallest absolute Gasteiger partial charge is 0.270 e. The van der Waals surface area contributed by atoms with Crippen molar-refractivity contribution in [2.24, 2.45) is 0 Å². The number of carbonyl (C=O) groups is 1. The Morgan fingerprint density at radius 3 is 2.67 bits per heavy atom. The summed E-state index contributed by atoms with van der Waals surface area (Å²) in [6, 6.07) is 8.19. The van der Waals surface area contributed by atoms with Gasteiger partial charge in [-0.15, -0.1) is 0 Å². The number of nitrogens with one attached hydrogen (secondary N) is 1. The van der Waals surface area contributed by atoms with Crippen molar-refractivity contribution in [3.05, 3.63) is 40.4 Å². The van der Waals surface area contributed by atoms with Crippen LogP contribution in [0.5, 0.6) is 0 Å². The minimum atomic E-state index is -0.420. The predicted molar refractivity (Wildman–Crippen MR) is 91.9 cm³/mol. The Hall–Kier alpha value is -2.70. The summed E-state index contributed by atoms with van der Waals surface area (Å²) in [5.74, 6) is 0.807. The van der Waals surface area contributed by atoms with E-state index in [1.54, 1.807) is 18.2 Å². The van der Waals surface area contributed by atoms with Crippen molar-refractivity contribution in [2.75, 3.05) is 11.9 Å². The Kier molecular flexibility index (Phi) is 3.87. The maximum Gasteiger partial charge on any atom is 0.270 e. The highest BCUT2D eigenvalue weighted by molar-refractivity contribution is 5.83. The van der Waals surface area contributed by atoms with E-state index in [9.17, 15) is 14.9 Å². The molecule has 0 radical (unpaired) electrons. The van der Waals surface area contributed by atoms with E-state index in [0.717, 1.165) is 0 Å². The Morgan fingerprint density at radius 2 is 2.04 bits per heavy atom. The third kappa shape index (κ3) is 3.15. The average Bonchev–Trinajstić information content (AvgIpc) is 2.87. The van der Waals surface area contributed by atoms with Crippen molar-refractivity contribution < 1.29 is 9.72 Å². The van der Waals surface area contributed by atoms with Gasteiger partial charge in [-0.05, 0) is 39.0 Å². The standard InChI is InChI=1S/C17H20N4O3/c1-17(2,3)20-10-12(9-16(20)22)18-15-7-4-11-8-13(21(23)24)5-6-14(11)19-15/h4-8,12H,9-10H2,1-3H3,(H,18,19).